The first kappa shape index (κ1) is 14.9. The van der Waals surface area contributed by atoms with Crippen molar-refractivity contribution in [3.05, 3.63) is 23.8 Å². The van der Waals surface area contributed by atoms with E-state index in [0.29, 0.717) is 0 Å². The van der Waals surface area contributed by atoms with Crippen LogP contribution in [0.15, 0.2) is 23.1 Å². The molecular weight excluding hydrogens is 248 g/mol. The van der Waals surface area contributed by atoms with E-state index in [4.69, 9.17) is 9.47 Å². The molecular formula is C14H20O3S. The minimum Gasteiger partial charge on any atom is -0.496 e. The van der Waals surface area contributed by atoms with Gasteiger partial charge in [0.1, 0.15) is 10.5 Å². The lowest BCUT2D eigenvalue weighted by atomic mass is 10.1. The molecule has 0 aliphatic rings. The predicted molar refractivity (Wildman–Crippen MR) is 74.3 cm³/mol. The van der Waals surface area contributed by atoms with Crippen LogP contribution in [0, 0.1) is 0 Å². The van der Waals surface area contributed by atoms with Gasteiger partial charge in [-0.25, -0.2) is 0 Å². The van der Waals surface area contributed by atoms with Gasteiger partial charge in [-0.1, -0.05) is 6.92 Å². The molecule has 0 N–H and O–H groups in total. The van der Waals surface area contributed by atoms with Crippen LogP contribution in [0.3, 0.4) is 0 Å². The summed E-state index contributed by atoms with van der Waals surface area (Å²) in [6.07, 6.45) is 0.899. The number of aryl methyl sites for hydroxylation is 1. The van der Waals surface area contributed by atoms with Gasteiger partial charge in [0.05, 0.1) is 14.2 Å². The highest BCUT2D eigenvalue weighted by atomic mass is 32.2. The maximum absolute atomic E-state index is 11.6. The maximum Gasteiger partial charge on any atom is 0.321 e. The summed E-state index contributed by atoms with van der Waals surface area (Å²) in [7, 11) is 3.08. The second-order valence-electron chi connectivity index (χ2n) is 4.43. The van der Waals surface area contributed by atoms with Gasteiger partial charge in [0, 0.05) is 4.90 Å². The molecule has 1 aromatic carbocycles. The largest absolute Gasteiger partial charge is 0.496 e. The van der Waals surface area contributed by atoms with E-state index in [1.807, 2.05) is 26.0 Å². The Morgan fingerprint density at radius 1 is 1.33 bits per heavy atom. The molecule has 0 aliphatic heterocycles. The maximum atomic E-state index is 11.6. The van der Waals surface area contributed by atoms with E-state index in [2.05, 4.69) is 13.0 Å². The van der Waals surface area contributed by atoms with Crippen molar-refractivity contribution in [3.63, 3.8) is 0 Å². The molecule has 100 valence electrons. The van der Waals surface area contributed by atoms with Crippen molar-refractivity contribution in [1.82, 2.24) is 0 Å². The fourth-order valence-electron chi connectivity index (χ4n) is 1.68. The first-order valence-electron chi connectivity index (χ1n) is 5.89. The van der Waals surface area contributed by atoms with Crippen molar-refractivity contribution in [2.75, 3.05) is 14.2 Å². The summed E-state index contributed by atoms with van der Waals surface area (Å²) in [6.45, 7) is 5.80. The fraction of sp³-hybridized carbons (Fsp3) is 0.500. The molecule has 0 aliphatic carbocycles. The van der Waals surface area contributed by atoms with Gasteiger partial charge in [-0.15, -0.1) is 11.8 Å². The lowest BCUT2D eigenvalue weighted by Gasteiger charge is -2.21. The van der Waals surface area contributed by atoms with Gasteiger partial charge in [0.15, 0.2) is 0 Å². The van der Waals surface area contributed by atoms with Crippen molar-refractivity contribution in [2.45, 2.75) is 36.8 Å². The highest BCUT2D eigenvalue weighted by Crippen LogP contribution is 2.35. The Morgan fingerprint density at radius 3 is 2.50 bits per heavy atom. The molecule has 0 atom stereocenters. The Kier molecular flexibility index (Phi) is 5.08. The van der Waals surface area contributed by atoms with E-state index in [-0.39, 0.29) is 5.97 Å². The minimum absolute atomic E-state index is 0.221. The number of hydrogen-bond donors (Lipinski definition) is 0. The van der Waals surface area contributed by atoms with Gasteiger partial charge in [-0.2, -0.15) is 0 Å². The molecule has 0 saturated heterocycles. The molecule has 4 heteroatoms. The SMILES string of the molecule is CCc1cc(SC(C)(C)C(=O)OC)ccc1OC. The average molecular weight is 268 g/mol. The zero-order valence-corrected chi connectivity index (χ0v) is 12.4. The zero-order chi connectivity index (χ0) is 13.8. The van der Waals surface area contributed by atoms with Crippen LogP contribution in [0.2, 0.25) is 0 Å². The third-order valence-electron chi connectivity index (χ3n) is 2.68. The van der Waals surface area contributed by atoms with Crippen molar-refractivity contribution >= 4 is 17.7 Å². The van der Waals surface area contributed by atoms with Gasteiger partial charge in [0.2, 0.25) is 0 Å². The monoisotopic (exact) mass is 268 g/mol. The van der Waals surface area contributed by atoms with Crippen LogP contribution in [0.25, 0.3) is 0 Å². The van der Waals surface area contributed by atoms with Crippen molar-refractivity contribution in [3.8, 4) is 5.75 Å². The average Bonchev–Trinajstić information content (AvgIpc) is 2.36. The Balaban J connectivity index is 2.95. The van der Waals surface area contributed by atoms with E-state index in [1.165, 1.54) is 18.9 Å². The molecule has 1 aromatic rings. The Bertz CT molecular complexity index is 427. The smallest absolute Gasteiger partial charge is 0.321 e. The predicted octanol–water partition coefficient (Wildman–Crippen LogP) is 3.30. The molecule has 0 bridgehead atoms. The first-order chi connectivity index (χ1) is 8.44. The molecule has 0 amide bonds. The minimum atomic E-state index is -0.589. The topological polar surface area (TPSA) is 35.5 Å². The fourth-order valence-corrected chi connectivity index (χ4v) is 2.77. The second-order valence-corrected chi connectivity index (χ2v) is 6.13. The summed E-state index contributed by atoms with van der Waals surface area (Å²) in [6, 6.07) is 5.97. The lowest BCUT2D eigenvalue weighted by molar-refractivity contribution is -0.142. The molecule has 3 nitrogen and oxygen atoms in total. The van der Waals surface area contributed by atoms with Crippen molar-refractivity contribution in [2.24, 2.45) is 0 Å². The van der Waals surface area contributed by atoms with Crippen LogP contribution in [0.1, 0.15) is 26.3 Å². The van der Waals surface area contributed by atoms with E-state index >= 15 is 0 Å². The molecule has 0 aromatic heterocycles. The van der Waals surface area contributed by atoms with Gasteiger partial charge >= 0.3 is 5.97 Å². The Hall–Kier alpha value is -1.16. The summed E-state index contributed by atoms with van der Waals surface area (Å²) in [5.41, 5.74) is 1.14. The number of rotatable bonds is 5. The molecule has 0 fully saturated rings. The van der Waals surface area contributed by atoms with E-state index in [9.17, 15) is 4.79 Å². The number of carbonyl (C=O) groups is 1. The first-order valence-corrected chi connectivity index (χ1v) is 6.70. The summed E-state index contributed by atoms with van der Waals surface area (Å²) in [5, 5.41) is 0. The standard InChI is InChI=1S/C14H20O3S/c1-6-10-9-11(7-8-12(10)16-4)18-14(2,3)13(15)17-5/h7-9H,6H2,1-5H3. The van der Waals surface area contributed by atoms with Crippen LogP contribution in [-0.2, 0) is 16.0 Å². The normalized spacial score (nSPS) is 11.2. The van der Waals surface area contributed by atoms with Gasteiger partial charge in [0.25, 0.3) is 0 Å². The summed E-state index contributed by atoms with van der Waals surface area (Å²) < 4.78 is 9.50. The summed E-state index contributed by atoms with van der Waals surface area (Å²) >= 11 is 1.50. The number of benzene rings is 1. The molecule has 1 rings (SSSR count). The zero-order valence-electron chi connectivity index (χ0n) is 11.6. The number of hydrogen-bond acceptors (Lipinski definition) is 4. The van der Waals surface area contributed by atoms with E-state index in [1.54, 1.807) is 7.11 Å². The quantitative estimate of drug-likeness (QED) is 0.606. The van der Waals surface area contributed by atoms with Gasteiger partial charge < -0.3 is 9.47 Å². The molecule has 0 heterocycles. The molecule has 0 unspecified atom stereocenters. The number of methoxy groups -OCH3 is 2. The molecule has 0 radical (unpaired) electrons. The van der Waals surface area contributed by atoms with Crippen LogP contribution in [0.5, 0.6) is 5.75 Å². The number of carbonyl (C=O) groups excluding carboxylic acids is 1. The van der Waals surface area contributed by atoms with Crippen LogP contribution < -0.4 is 4.74 Å². The lowest BCUT2D eigenvalue weighted by Crippen LogP contribution is -2.28. The van der Waals surface area contributed by atoms with Crippen LogP contribution >= 0.6 is 11.8 Å². The molecule has 0 spiro atoms. The van der Waals surface area contributed by atoms with Crippen LogP contribution in [-0.4, -0.2) is 24.9 Å². The number of esters is 1. The number of thioether (sulfide) groups is 1. The van der Waals surface area contributed by atoms with Gasteiger partial charge in [-0.05, 0) is 44.0 Å². The Labute approximate surface area is 113 Å². The third-order valence-corrected chi connectivity index (χ3v) is 3.85. The van der Waals surface area contributed by atoms with E-state index in [0.717, 1.165) is 22.6 Å². The molecule has 0 saturated carbocycles. The Morgan fingerprint density at radius 2 is 2.00 bits per heavy atom. The molecule has 18 heavy (non-hydrogen) atoms. The van der Waals surface area contributed by atoms with Gasteiger partial charge in [-0.3, -0.25) is 4.79 Å². The third kappa shape index (κ3) is 3.42. The highest BCUT2D eigenvalue weighted by Gasteiger charge is 2.30. The van der Waals surface area contributed by atoms with Crippen LogP contribution in [0.4, 0.5) is 0 Å². The highest BCUT2D eigenvalue weighted by molar-refractivity contribution is 8.01. The summed E-state index contributed by atoms with van der Waals surface area (Å²) in [5.74, 6) is 0.666. The second kappa shape index (κ2) is 6.14. The van der Waals surface area contributed by atoms with Crippen molar-refractivity contribution < 1.29 is 14.3 Å². The number of ether oxygens (including phenoxy) is 2. The van der Waals surface area contributed by atoms with Crippen molar-refractivity contribution in [1.29, 1.82) is 0 Å². The summed E-state index contributed by atoms with van der Waals surface area (Å²) in [4.78, 5) is 12.7. The van der Waals surface area contributed by atoms with E-state index < -0.39 is 4.75 Å².